The first kappa shape index (κ1) is 9.84. The molecule has 0 spiro atoms. The van der Waals surface area contributed by atoms with Crippen LogP contribution in [0.4, 0.5) is 0 Å². The summed E-state index contributed by atoms with van der Waals surface area (Å²) in [5.74, 6) is 0. The molecule has 1 N–H and O–H groups in total. The third-order valence-electron chi connectivity index (χ3n) is 2.72. The Morgan fingerprint density at radius 3 is 3.00 bits per heavy atom. The van der Waals surface area contributed by atoms with Crippen LogP contribution in [0.15, 0.2) is 43.2 Å². The summed E-state index contributed by atoms with van der Waals surface area (Å²) in [5, 5.41) is 1.33. The molecule has 2 aromatic rings. The maximum Gasteiger partial charge on any atom is 0.0456 e. The fourth-order valence-electron chi connectivity index (χ4n) is 1.73. The highest BCUT2D eigenvalue weighted by Crippen LogP contribution is 2.18. The van der Waals surface area contributed by atoms with Crippen molar-refractivity contribution in [1.82, 2.24) is 9.88 Å². The van der Waals surface area contributed by atoms with Crippen molar-refractivity contribution in [2.45, 2.75) is 6.42 Å². The highest BCUT2D eigenvalue weighted by atomic mass is 15.1. The Kier molecular flexibility index (Phi) is 2.77. The number of aromatic nitrogens is 1. The molecule has 0 atom stereocenters. The van der Waals surface area contributed by atoms with Gasteiger partial charge in [0.2, 0.25) is 0 Å². The van der Waals surface area contributed by atoms with E-state index in [0.717, 1.165) is 13.0 Å². The molecule has 0 amide bonds. The van der Waals surface area contributed by atoms with Gasteiger partial charge in [0.1, 0.15) is 0 Å². The molecule has 0 unspecified atom stereocenters. The molecule has 0 aliphatic heterocycles. The highest BCUT2D eigenvalue weighted by molar-refractivity contribution is 5.83. The Morgan fingerprint density at radius 2 is 2.20 bits per heavy atom. The number of hydrogen-bond acceptors (Lipinski definition) is 1. The normalized spacial score (nSPS) is 10.5. The summed E-state index contributed by atoms with van der Waals surface area (Å²) in [4.78, 5) is 5.38. The number of nitrogens with zero attached hydrogens (tertiary/aromatic N) is 1. The zero-order valence-electron chi connectivity index (χ0n) is 9.03. The molecule has 0 saturated heterocycles. The molecule has 0 aliphatic rings. The zero-order chi connectivity index (χ0) is 10.7. The second kappa shape index (κ2) is 4.22. The van der Waals surface area contributed by atoms with E-state index in [1.165, 1.54) is 16.5 Å². The number of nitrogens with one attached hydrogen (secondary N) is 1. The Hall–Kier alpha value is -1.70. The minimum atomic E-state index is 1.01. The van der Waals surface area contributed by atoms with Crippen molar-refractivity contribution in [3.63, 3.8) is 0 Å². The number of hydrogen-bond donors (Lipinski definition) is 1. The van der Waals surface area contributed by atoms with E-state index in [1.807, 2.05) is 13.2 Å². The molecule has 0 radical (unpaired) electrons. The van der Waals surface area contributed by atoms with Gasteiger partial charge >= 0.3 is 0 Å². The number of benzene rings is 1. The molecule has 15 heavy (non-hydrogen) atoms. The van der Waals surface area contributed by atoms with Crippen molar-refractivity contribution in [2.24, 2.45) is 0 Å². The topological polar surface area (TPSA) is 19.0 Å². The smallest absolute Gasteiger partial charge is 0.0456 e. The molecule has 2 rings (SSSR count). The summed E-state index contributed by atoms with van der Waals surface area (Å²) in [5.41, 5.74) is 2.59. The van der Waals surface area contributed by atoms with Crippen LogP contribution < -0.4 is 0 Å². The van der Waals surface area contributed by atoms with E-state index >= 15 is 0 Å². The van der Waals surface area contributed by atoms with Crippen LogP contribution in [-0.4, -0.2) is 23.5 Å². The van der Waals surface area contributed by atoms with E-state index in [9.17, 15) is 0 Å². The van der Waals surface area contributed by atoms with Crippen molar-refractivity contribution < 1.29 is 0 Å². The number of rotatable bonds is 4. The summed E-state index contributed by atoms with van der Waals surface area (Å²) in [6.45, 7) is 4.75. The summed E-state index contributed by atoms with van der Waals surface area (Å²) < 4.78 is 0. The second-order valence-corrected chi connectivity index (χ2v) is 3.77. The molecule has 1 aromatic heterocycles. The van der Waals surface area contributed by atoms with Gasteiger partial charge in [0.05, 0.1) is 0 Å². The Morgan fingerprint density at radius 1 is 1.40 bits per heavy atom. The van der Waals surface area contributed by atoms with Gasteiger partial charge in [-0.05, 0) is 24.3 Å². The number of H-pyrrole nitrogens is 1. The highest BCUT2D eigenvalue weighted by Gasteiger charge is 2.02. The fraction of sp³-hybridized carbons (Fsp3) is 0.231. The molecular formula is C13H16N2. The summed E-state index contributed by atoms with van der Waals surface area (Å²) in [7, 11) is 2.04. The van der Waals surface area contributed by atoms with E-state index < -0.39 is 0 Å². The van der Waals surface area contributed by atoms with Crippen LogP contribution in [0.5, 0.6) is 0 Å². The maximum atomic E-state index is 3.74. The lowest BCUT2D eigenvalue weighted by atomic mass is 10.1. The van der Waals surface area contributed by atoms with E-state index in [1.54, 1.807) is 0 Å². The second-order valence-electron chi connectivity index (χ2n) is 3.77. The molecule has 0 aliphatic carbocycles. The molecular weight excluding hydrogens is 184 g/mol. The van der Waals surface area contributed by atoms with Gasteiger partial charge in [-0.3, -0.25) is 0 Å². The lowest BCUT2D eigenvalue weighted by Crippen LogP contribution is -2.13. The van der Waals surface area contributed by atoms with Crippen LogP contribution >= 0.6 is 0 Å². The van der Waals surface area contributed by atoms with Crippen molar-refractivity contribution in [3.05, 3.63) is 48.8 Å². The number of para-hydroxylation sites is 1. The third-order valence-corrected chi connectivity index (χ3v) is 2.72. The first-order valence-electron chi connectivity index (χ1n) is 5.19. The van der Waals surface area contributed by atoms with E-state index in [2.05, 4.69) is 46.9 Å². The zero-order valence-corrected chi connectivity index (χ0v) is 9.03. The SMILES string of the molecule is C=CN(C)CCc1c[nH]c2ccccc12. The molecule has 2 nitrogen and oxygen atoms in total. The predicted molar refractivity (Wildman–Crippen MR) is 64.8 cm³/mol. The number of likely N-dealkylation sites (N-methyl/N-ethyl adjacent to an activating group) is 1. The lowest BCUT2D eigenvalue weighted by Gasteiger charge is -2.11. The first-order valence-corrected chi connectivity index (χ1v) is 5.19. The van der Waals surface area contributed by atoms with Crippen LogP contribution in [0.3, 0.4) is 0 Å². The van der Waals surface area contributed by atoms with Crippen LogP contribution in [-0.2, 0) is 6.42 Å². The fourth-order valence-corrected chi connectivity index (χ4v) is 1.73. The monoisotopic (exact) mass is 200 g/mol. The molecule has 1 heterocycles. The van der Waals surface area contributed by atoms with Crippen molar-refractivity contribution in [1.29, 1.82) is 0 Å². The summed E-state index contributed by atoms with van der Waals surface area (Å²) in [6, 6.07) is 8.40. The van der Waals surface area contributed by atoms with E-state index in [0.29, 0.717) is 0 Å². The van der Waals surface area contributed by atoms with Gasteiger partial charge in [-0.2, -0.15) is 0 Å². The molecule has 0 bridgehead atoms. The van der Waals surface area contributed by atoms with E-state index in [4.69, 9.17) is 0 Å². The average molecular weight is 200 g/mol. The van der Waals surface area contributed by atoms with Crippen LogP contribution in [0.2, 0.25) is 0 Å². The Bertz CT molecular complexity index is 456. The lowest BCUT2D eigenvalue weighted by molar-refractivity contribution is 0.463. The van der Waals surface area contributed by atoms with Crippen LogP contribution in [0.1, 0.15) is 5.56 Å². The van der Waals surface area contributed by atoms with Gasteiger partial charge in [0.15, 0.2) is 0 Å². The predicted octanol–water partition coefficient (Wildman–Crippen LogP) is 2.79. The van der Waals surface area contributed by atoms with Gasteiger partial charge < -0.3 is 9.88 Å². The molecule has 1 aromatic carbocycles. The largest absolute Gasteiger partial charge is 0.381 e. The summed E-state index contributed by atoms with van der Waals surface area (Å²) >= 11 is 0. The molecule has 78 valence electrons. The standard InChI is InChI=1S/C13H16N2/c1-3-15(2)9-8-11-10-14-13-7-5-4-6-12(11)13/h3-7,10,14H,1,8-9H2,2H3. The molecule has 0 saturated carbocycles. The average Bonchev–Trinajstić information content (AvgIpc) is 2.69. The third kappa shape index (κ3) is 2.04. The van der Waals surface area contributed by atoms with Crippen LogP contribution in [0.25, 0.3) is 10.9 Å². The van der Waals surface area contributed by atoms with Crippen molar-refractivity contribution in [2.75, 3.05) is 13.6 Å². The summed E-state index contributed by atoms with van der Waals surface area (Å²) in [6.07, 6.45) is 5.00. The first-order chi connectivity index (χ1) is 7.31. The van der Waals surface area contributed by atoms with Gasteiger partial charge in [-0.25, -0.2) is 0 Å². The number of aromatic amines is 1. The minimum absolute atomic E-state index is 1.01. The van der Waals surface area contributed by atoms with Crippen LogP contribution in [0, 0.1) is 0 Å². The van der Waals surface area contributed by atoms with Gasteiger partial charge in [0.25, 0.3) is 0 Å². The van der Waals surface area contributed by atoms with Crippen molar-refractivity contribution >= 4 is 10.9 Å². The Balaban J connectivity index is 2.18. The van der Waals surface area contributed by atoms with E-state index in [-0.39, 0.29) is 0 Å². The molecule has 2 heteroatoms. The van der Waals surface area contributed by atoms with Gasteiger partial charge in [0, 0.05) is 30.7 Å². The molecule has 0 fully saturated rings. The quantitative estimate of drug-likeness (QED) is 0.804. The van der Waals surface area contributed by atoms with Gasteiger partial charge in [-0.1, -0.05) is 24.8 Å². The van der Waals surface area contributed by atoms with Crippen molar-refractivity contribution in [3.8, 4) is 0 Å². The minimum Gasteiger partial charge on any atom is -0.381 e. The number of fused-ring (bicyclic) bond motifs is 1. The Labute approximate surface area is 90.2 Å². The maximum absolute atomic E-state index is 3.74. The van der Waals surface area contributed by atoms with Gasteiger partial charge in [-0.15, -0.1) is 0 Å².